The zero-order chi connectivity index (χ0) is 39.8. The van der Waals surface area contributed by atoms with Gasteiger partial charge in [0.2, 0.25) is 0 Å². The fourth-order valence-corrected chi connectivity index (χ4v) is 8.19. The van der Waals surface area contributed by atoms with Crippen molar-refractivity contribution >= 4 is 34.1 Å². The van der Waals surface area contributed by atoms with Crippen molar-refractivity contribution in [3.8, 4) is 17.0 Å². The lowest BCUT2D eigenvalue weighted by Crippen LogP contribution is -2.52. The minimum absolute atomic E-state index is 0.123. The number of benzene rings is 4. The Balaban J connectivity index is 1.20. The van der Waals surface area contributed by atoms with E-state index in [0.717, 1.165) is 46.4 Å². The summed E-state index contributed by atoms with van der Waals surface area (Å²) in [6.45, 7) is 8.02. The number of rotatable bonds is 10. The van der Waals surface area contributed by atoms with Crippen molar-refractivity contribution in [2.75, 3.05) is 44.9 Å². The molecular weight excluding hydrogens is 723 g/mol. The van der Waals surface area contributed by atoms with Gasteiger partial charge in [-0.05, 0) is 78.9 Å². The number of amides is 2. The van der Waals surface area contributed by atoms with E-state index in [1.54, 1.807) is 30.3 Å². The molecule has 0 saturated carbocycles. The Morgan fingerprint density at radius 2 is 1.77 bits per heavy atom. The van der Waals surface area contributed by atoms with Crippen LogP contribution in [0.5, 0.6) is 5.75 Å². The van der Waals surface area contributed by atoms with Crippen LogP contribution in [0.3, 0.4) is 0 Å². The van der Waals surface area contributed by atoms with Gasteiger partial charge in [0.15, 0.2) is 0 Å². The third kappa shape index (κ3) is 7.27. The fraction of sp³-hybridized carbons (Fsp3) is 0.295. The second-order valence-corrected chi connectivity index (χ2v) is 14.8. The third-order valence-electron chi connectivity index (χ3n) is 11.6. The number of aromatic nitrogens is 3. The highest BCUT2D eigenvalue weighted by Crippen LogP contribution is 2.36. The summed E-state index contributed by atoms with van der Waals surface area (Å²) >= 11 is 0. The summed E-state index contributed by atoms with van der Waals surface area (Å²) in [7, 11) is 3.44. The second-order valence-electron chi connectivity index (χ2n) is 14.8. The average molecular weight is 768 g/mol. The predicted octanol–water partition coefficient (Wildman–Crippen LogP) is 6.85. The topological polar surface area (TPSA) is 139 Å². The lowest BCUT2D eigenvalue weighted by Gasteiger charge is -2.40. The van der Waals surface area contributed by atoms with Crippen LogP contribution in [0.25, 0.3) is 22.2 Å². The van der Waals surface area contributed by atoms with Crippen LogP contribution in [0.4, 0.5) is 11.4 Å². The Kier molecular flexibility index (Phi) is 10.3. The molecule has 13 heteroatoms. The van der Waals surface area contributed by atoms with Crippen LogP contribution in [0.1, 0.15) is 48.7 Å². The van der Waals surface area contributed by atoms with Crippen LogP contribution < -0.4 is 9.64 Å². The van der Waals surface area contributed by atoms with E-state index in [-0.39, 0.29) is 30.1 Å². The molecule has 292 valence electrons. The van der Waals surface area contributed by atoms with Crippen LogP contribution in [0.2, 0.25) is 0 Å². The van der Waals surface area contributed by atoms with E-state index in [1.807, 2.05) is 78.9 Å². The molecule has 2 aromatic heterocycles. The largest absolute Gasteiger partial charge is 0.496 e. The molecule has 4 aromatic carbocycles. The van der Waals surface area contributed by atoms with Gasteiger partial charge in [-0.1, -0.05) is 36.4 Å². The van der Waals surface area contributed by atoms with Crippen molar-refractivity contribution in [3.05, 3.63) is 140 Å². The molecule has 57 heavy (non-hydrogen) atoms. The lowest BCUT2D eigenvalue weighted by atomic mass is 9.92. The number of ether oxygens (including phenoxy) is 2. The highest BCUT2D eigenvalue weighted by Gasteiger charge is 2.34. The third-order valence-corrected chi connectivity index (χ3v) is 11.6. The first-order valence-electron chi connectivity index (χ1n) is 19.1. The number of hydrogen-bond donors (Lipinski definition) is 1. The van der Waals surface area contributed by atoms with E-state index >= 15 is 0 Å². The molecule has 13 nitrogen and oxygen atoms in total. The van der Waals surface area contributed by atoms with Crippen molar-refractivity contribution in [2.24, 2.45) is 7.05 Å². The first kappa shape index (κ1) is 37.6. The van der Waals surface area contributed by atoms with Crippen molar-refractivity contribution in [1.82, 2.24) is 24.6 Å². The Bertz CT molecular complexity index is 2500. The van der Waals surface area contributed by atoms with Gasteiger partial charge in [0, 0.05) is 85.0 Å². The van der Waals surface area contributed by atoms with E-state index in [9.17, 15) is 19.7 Å². The van der Waals surface area contributed by atoms with Gasteiger partial charge in [-0.2, -0.15) is 5.10 Å². The number of nitro benzene ring substituents is 1. The van der Waals surface area contributed by atoms with Crippen LogP contribution in [0, 0.1) is 24.0 Å². The molecule has 0 bridgehead atoms. The summed E-state index contributed by atoms with van der Waals surface area (Å²) in [5.41, 5.74) is 7.77. The van der Waals surface area contributed by atoms with E-state index in [0.29, 0.717) is 66.5 Å². The van der Waals surface area contributed by atoms with Crippen LogP contribution >= 0.6 is 0 Å². The Hall–Kier alpha value is -6.31. The van der Waals surface area contributed by atoms with Crippen molar-refractivity contribution in [1.29, 1.82) is 0 Å². The minimum atomic E-state index is -0.456. The number of H-pyrrole nitrogens is 1. The number of carbonyl (C=O) groups is 2. The molecule has 1 saturated heterocycles. The first-order valence-corrected chi connectivity index (χ1v) is 19.1. The molecule has 1 atom stereocenters. The summed E-state index contributed by atoms with van der Waals surface area (Å²) in [5.74, 6) is 0.231. The molecule has 0 unspecified atom stereocenters. The van der Waals surface area contributed by atoms with Gasteiger partial charge < -0.3 is 23.8 Å². The van der Waals surface area contributed by atoms with Crippen LogP contribution in [-0.2, 0) is 31.3 Å². The number of anilines is 1. The fourth-order valence-electron chi connectivity index (χ4n) is 8.19. The zero-order valence-electron chi connectivity index (χ0n) is 32.5. The van der Waals surface area contributed by atoms with E-state index in [1.165, 1.54) is 17.7 Å². The molecule has 0 aliphatic carbocycles. The monoisotopic (exact) mass is 767 g/mol. The van der Waals surface area contributed by atoms with Crippen molar-refractivity contribution in [3.63, 3.8) is 0 Å². The summed E-state index contributed by atoms with van der Waals surface area (Å²) in [6, 6.07) is 25.7. The molecule has 1 N–H and O–H groups in total. The maximum absolute atomic E-state index is 15.0. The number of methoxy groups -OCH3 is 1. The van der Waals surface area contributed by atoms with Crippen LogP contribution in [-0.4, -0.2) is 87.3 Å². The van der Waals surface area contributed by atoms with Crippen molar-refractivity contribution < 1.29 is 24.0 Å². The van der Waals surface area contributed by atoms with Gasteiger partial charge in [0.25, 0.3) is 17.5 Å². The Morgan fingerprint density at radius 3 is 2.54 bits per heavy atom. The Morgan fingerprint density at radius 1 is 0.982 bits per heavy atom. The highest BCUT2D eigenvalue weighted by molar-refractivity contribution is 6.09. The molecule has 6 aromatic rings. The number of nitrogens with one attached hydrogen (secondary N) is 1. The number of carbonyl (C=O) groups excluding carboxylic acids is 2. The number of fused-ring (bicyclic) bond motifs is 2. The number of morpholine rings is 1. The van der Waals surface area contributed by atoms with Crippen molar-refractivity contribution in [2.45, 2.75) is 39.4 Å². The molecule has 4 heterocycles. The molecule has 0 radical (unpaired) electrons. The maximum Gasteiger partial charge on any atom is 0.270 e. The van der Waals surface area contributed by atoms with Gasteiger partial charge in [0.1, 0.15) is 5.75 Å². The standard InChI is InChI=1S/C44H45N7O6/c1-28-31(10-7-11-42(28)56-4)25-49(34-13-15-40-33(21-34)24-45-46-40)44(53)38-23-41(47(3)29(38)2)39-22-35(51(54)55)12-14-37(39)43(52)50-26-32-9-6-5-8-30(32)20-36(50)27-48-16-18-57-19-17-48/h5-15,21-24,36H,16-20,25-27H2,1-4H3,(H,45,46)/t36-/m0/s1. The van der Waals surface area contributed by atoms with Crippen LogP contribution in [0.15, 0.2) is 91.1 Å². The summed E-state index contributed by atoms with van der Waals surface area (Å²) < 4.78 is 13.1. The van der Waals surface area contributed by atoms with Gasteiger partial charge in [-0.15, -0.1) is 0 Å². The number of non-ortho nitro benzene ring substituents is 1. The van der Waals surface area contributed by atoms with Gasteiger partial charge in [-0.3, -0.25) is 29.7 Å². The summed E-state index contributed by atoms with van der Waals surface area (Å²) in [4.78, 5) is 47.6. The normalized spacial score (nSPS) is 15.7. The lowest BCUT2D eigenvalue weighted by molar-refractivity contribution is -0.384. The van der Waals surface area contributed by atoms with Gasteiger partial charge in [0.05, 0.1) is 49.1 Å². The number of nitro groups is 1. The number of hydrogen-bond acceptors (Lipinski definition) is 8. The smallest absolute Gasteiger partial charge is 0.270 e. The molecule has 0 spiro atoms. The zero-order valence-corrected chi connectivity index (χ0v) is 32.5. The summed E-state index contributed by atoms with van der Waals surface area (Å²) in [6.07, 6.45) is 2.41. The molecule has 1 fully saturated rings. The Labute approximate surface area is 330 Å². The molecule has 2 aliphatic heterocycles. The molecular formula is C44H45N7O6. The number of nitrogens with zero attached hydrogens (tertiary/aromatic N) is 6. The maximum atomic E-state index is 15.0. The van der Waals surface area contributed by atoms with E-state index in [4.69, 9.17) is 9.47 Å². The quantitative estimate of drug-likeness (QED) is 0.118. The SMILES string of the molecule is COc1cccc(CN(C(=O)c2cc(-c3cc([N+](=O)[O-])ccc3C(=O)N3Cc4ccccc4C[C@H]3CN3CCOCC3)n(C)c2C)c2ccc3[nH]ncc3c2)c1C. The predicted molar refractivity (Wildman–Crippen MR) is 218 cm³/mol. The second kappa shape index (κ2) is 15.7. The molecule has 8 rings (SSSR count). The average Bonchev–Trinajstić information content (AvgIpc) is 3.82. The first-order chi connectivity index (χ1) is 27.6. The minimum Gasteiger partial charge on any atom is -0.496 e. The molecule has 2 aliphatic rings. The molecule has 2 amide bonds. The van der Waals surface area contributed by atoms with Gasteiger partial charge in [-0.25, -0.2) is 0 Å². The number of aromatic amines is 1. The van der Waals surface area contributed by atoms with Gasteiger partial charge >= 0.3 is 0 Å². The van der Waals surface area contributed by atoms with E-state index in [2.05, 4.69) is 27.2 Å². The van der Waals surface area contributed by atoms with E-state index < -0.39 is 4.92 Å². The highest BCUT2D eigenvalue weighted by atomic mass is 16.6. The summed E-state index contributed by atoms with van der Waals surface area (Å²) in [5, 5.41) is 20.2.